The van der Waals surface area contributed by atoms with Crippen LogP contribution in [0.3, 0.4) is 0 Å². The molecule has 12 rings (SSSR count). The van der Waals surface area contributed by atoms with Crippen molar-refractivity contribution in [1.82, 2.24) is 19.1 Å². The maximum Gasteiger partial charge on any atom is 0.220 e. The van der Waals surface area contributed by atoms with Gasteiger partial charge in [0.15, 0.2) is 0 Å². The number of benzene rings is 8. The fourth-order valence-electron chi connectivity index (χ4n) is 8.01. The number of hydrogen-bond acceptors (Lipinski definition) is 3. The van der Waals surface area contributed by atoms with Crippen LogP contribution in [-0.2, 0) is 6.42 Å². The van der Waals surface area contributed by atoms with Gasteiger partial charge in [0.25, 0.3) is 0 Å². The number of hydrogen-bond donors (Lipinski definition) is 0. The summed E-state index contributed by atoms with van der Waals surface area (Å²) in [4.78, 5) is 12.2. The third kappa shape index (κ3) is 6.38. The predicted molar refractivity (Wildman–Crippen MR) is 243 cm³/mol. The zero-order chi connectivity index (χ0) is 38.1. The first kappa shape index (κ1) is 34.7. The normalized spacial score (nSPS) is 11.8. The van der Waals surface area contributed by atoms with Crippen LogP contribution in [0.25, 0.3) is 55.7 Å². The van der Waals surface area contributed by atoms with Gasteiger partial charge in [-0.05, 0) is 100 Å². The minimum Gasteiger partial charge on any atom is -0.295 e. The summed E-state index contributed by atoms with van der Waals surface area (Å²) >= 11 is 2.28. The van der Waals surface area contributed by atoms with Crippen LogP contribution in [0.5, 0.6) is 0 Å². The number of para-hydroxylation sites is 8. The number of imidazole rings is 2. The van der Waals surface area contributed by atoms with Crippen LogP contribution in [0.15, 0.2) is 206 Å². The van der Waals surface area contributed by atoms with Gasteiger partial charge in [-0.15, -0.1) is 0 Å². The van der Waals surface area contributed by atoms with Gasteiger partial charge in [0.05, 0.1) is 39.1 Å². The van der Waals surface area contributed by atoms with E-state index in [1.807, 2.05) is 30.3 Å². The van der Waals surface area contributed by atoms with E-state index < -0.39 is 0 Å². The summed E-state index contributed by atoms with van der Waals surface area (Å²) in [5, 5.41) is 0. The summed E-state index contributed by atoms with van der Waals surface area (Å²) in [6.45, 7) is 0. The number of nitrogens with zero attached hydrogens (tertiary/aromatic N) is 5. The Kier molecular flexibility index (Phi) is 9.16. The molecule has 0 N–H and O–H groups in total. The molecule has 6 heteroatoms. The Hall–Kier alpha value is -6.77. The Bertz CT molecular complexity index is 3020. The second-order valence-corrected chi connectivity index (χ2v) is 15.2. The van der Waals surface area contributed by atoms with Crippen LogP contribution >= 0.6 is 22.6 Å². The van der Waals surface area contributed by atoms with E-state index in [1.165, 1.54) is 42.6 Å². The summed E-state index contributed by atoms with van der Waals surface area (Å²) in [5.41, 5.74) is 15.3. The molecule has 0 bridgehead atoms. The van der Waals surface area contributed by atoms with Crippen molar-refractivity contribution >= 4 is 62.0 Å². The highest BCUT2D eigenvalue weighted by atomic mass is 127. The van der Waals surface area contributed by atoms with Gasteiger partial charge >= 0.3 is 0 Å². The van der Waals surface area contributed by atoms with Gasteiger partial charge in [-0.2, -0.15) is 0 Å². The van der Waals surface area contributed by atoms with E-state index in [4.69, 9.17) is 9.97 Å². The van der Waals surface area contributed by atoms with Crippen molar-refractivity contribution < 1.29 is 0 Å². The molecule has 2 aliphatic heterocycles. The quantitative estimate of drug-likeness (QED) is 0.155. The summed E-state index contributed by atoms with van der Waals surface area (Å²) in [7, 11) is 0. The first-order valence-electron chi connectivity index (χ1n) is 19.1. The monoisotopic (exact) mass is 845 g/mol. The Balaban J connectivity index is 0.000000121. The second-order valence-electron chi connectivity index (χ2n) is 13.9. The first-order valence-corrected chi connectivity index (χ1v) is 20.2. The number of rotatable bonds is 1. The van der Waals surface area contributed by atoms with E-state index in [0.29, 0.717) is 0 Å². The largest absolute Gasteiger partial charge is 0.295 e. The van der Waals surface area contributed by atoms with E-state index in [-0.39, 0.29) is 0 Å². The van der Waals surface area contributed by atoms with Crippen molar-refractivity contribution in [2.45, 2.75) is 6.42 Å². The van der Waals surface area contributed by atoms with Gasteiger partial charge in [-0.3, -0.25) is 14.0 Å². The molecule has 0 amide bonds. The smallest absolute Gasteiger partial charge is 0.220 e. The molecule has 57 heavy (non-hydrogen) atoms. The molecule has 5 nitrogen and oxygen atoms in total. The van der Waals surface area contributed by atoms with Crippen LogP contribution in [0.4, 0.5) is 17.3 Å². The minimum absolute atomic E-state index is 0.861. The van der Waals surface area contributed by atoms with Gasteiger partial charge < -0.3 is 0 Å². The van der Waals surface area contributed by atoms with Crippen molar-refractivity contribution in [2.75, 3.05) is 4.90 Å². The fourth-order valence-corrected chi connectivity index (χ4v) is 8.43. The number of halogens is 1. The Morgan fingerprint density at radius 3 is 1.49 bits per heavy atom. The lowest BCUT2D eigenvalue weighted by molar-refractivity contribution is 0.947. The molecular formula is C51H36IN5. The van der Waals surface area contributed by atoms with Gasteiger partial charge in [0.1, 0.15) is 5.82 Å². The maximum atomic E-state index is 5.06. The van der Waals surface area contributed by atoms with Gasteiger partial charge in [-0.1, -0.05) is 140 Å². The van der Waals surface area contributed by atoms with Crippen LogP contribution in [0, 0.1) is 3.57 Å². The summed E-state index contributed by atoms with van der Waals surface area (Å²) in [5.74, 6) is 2.02. The molecule has 0 aliphatic carbocycles. The van der Waals surface area contributed by atoms with Crippen molar-refractivity contribution in [3.05, 3.63) is 221 Å². The van der Waals surface area contributed by atoms with E-state index >= 15 is 0 Å². The highest BCUT2D eigenvalue weighted by Crippen LogP contribution is 2.47. The third-order valence-corrected chi connectivity index (χ3v) is 11.2. The molecule has 0 atom stereocenters. The highest BCUT2D eigenvalue weighted by Gasteiger charge is 2.28. The van der Waals surface area contributed by atoms with Crippen LogP contribution in [-0.4, -0.2) is 19.1 Å². The molecule has 0 saturated carbocycles. The zero-order valence-electron chi connectivity index (χ0n) is 31.0. The Morgan fingerprint density at radius 2 is 0.842 bits per heavy atom. The minimum atomic E-state index is 0.861. The summed E-state index contributed by atoms with van der Waals surface area (Å²) in [6, 6.07) is 71.8. The van der Waals surface area contributed by atoms with Crippen LogP contribution in [0.1, 0.15) is 11.4 Å². The average molecular weight is 846 g/mol. The summed E-state index contributed by atoms with van der Waals surface area (Å²) < 4.78 is 5.88. The van der Waals surface area contributed by atoms with Crippen LogP contribution < -0.4 is 4.90 Å². The molecule has 10 aromatic rings. The Morgan fingerprint density at radius 1 is 0.386 bits per heavy atom. The van der Waals surface area contributed by atoms with Crippen molar-refractivity contribution in [3.63, 3.8) is 0 Å². The molecular weight excluding hydrogens is 809 g/mol. The first-order chi connectivity index (χ1) is 28.2. The predicted octanol–water partition coefficient (Wildman–Crippen LogP) is 13.4. The average Bonchev–Trinajstić information content (AvgIpc) is 3.75. The molecule has 0 unspecified atom stereocenters. The molecule has 2 aliphatic rings. The van der Waals surface area contributed by atoms with E-state index in [2.05, 4.69) is 213 Å². The van der Waals surface area contributed by atoms with E-state index in [0.717, 1.165) is 51.8 Å². The molecule has 272 valence electrons. The lowest BCUT2D eigenvalue weighted by atomic mass is 9.98. The van der Waals surface area contributed by atoms with E-state index in [9.17, 15) is 0 Å². The van der Waals surface area contributed by atoms with Crippen molar-refractivity contribution in [1.29, 1.82) is 0 Å². The molecule has 4 heterocycles. The standard InChI is InChI=1S/C25H17N3.C20H14N2.C6H5I/c1-2-10-18(11-3-1)27-22-15-7-4-12-19(22)20-13-5-8-16-23(20)28-24-17-9-6-14-21(24)26-25(27)28;1-2-8-15-14(7-1)13-20-21-17-10-4-6-12-19(17)22(20)18-11-5-3-9-16(15)18;7-6-4-2-1-3-5-6/h1-17H;1-12H,13H2;1-5H. The highest BCUT2D eigenvalue weighted by molar-refractivity contribution is 14.1. The zero-order valence-corrected chi connectivity index (χ0v) is 33.1. The molecule has 0 spiro atoms. The van der Waals surface area contributed by atoms with Gasteiger partial charge in [0, 0.05) is 32.4 Å². The topological polar surface area (TPSA) is 38.9 Å². The van der Waals surface area contributed by atoms with Gasteiger partial charge in [0.2, 0.25) is 5.95 Å². The van der Waals surface area contributed by atoms with Crippen molar-refractivity contribution in [3.8, 4) is 33.6 Å². The molecule has 0 saturated heterocycles. The lowest BCUT2D eigenvalue weighted by Gasteiger charge is -2.24. The third-order valence-electron chi connectivity index (χ3n) is 10.5. The van der Waals surface area contributed by atoms with E-state index in [1.54, 1.807) is 0 Å². The Labute approximate surface area is 345 Å². The number of aromatic nitrogens is 4. The van der Waals surface area contributed by atoms with Crippen LogP contribution in [0.2, 0.25) is 0 Å². The SMILES string of the molecule is Ic1ccccc1.c1ccc(N2c3ccccc3-c3ccccc3-n3c2nc2ccccc23)cc1.c1ccc2c(c1)Cc1nc3ccccc3n1-c1ccccc1-2. The maximum absolute atomic E-state index is 5.06. The van der Waals surface area contributed by atoms with Crippen molar-refractivity contribution in [2.24, 2.45) is 0 Å². The van der Waals surface area contributed by atoms with Gasteiger partial charge in [-0.25, -0.2) is 9.97 Å². The molecule has 0 radical (unpaired) electrons. The second kappa shape index (κ2) is 15.0. The number of anilines is 3. The number of fused-ring (bicyclic) bond motifs is 14. The molecule has 0 fully saturated rings. The fraction of sp³-hybridized carbons (Fsp3) is 0.0196. The molecule has 8 aromatic carbocycles. The summed E-state index contributed by atoms with van der Waals surface area (Å²) in [6.07, 6.45) is 0.861. The molecule has 2 aromatic heterocycles. The lowest BCUT2D eigenvalue weighted by Crippen LogP contribution is -2.13.